The average molecular weight is 212 g/mol. The van der Waals surface area contributed by atoms with Crippen molar-refractivity contribution in [2.45, 2.75) is 26.3 Å². The molecule has 0 atom stereocenters. The second kappa shape index (κ2) is 4.58. The van der Waals surface area contributed by atoms with Gasteiger partial charge >= 0.3 is 0 Å². The van der Waals surface area contributed by atoms with Crippen LogP contribution in [0, 0.1) is 0 Å². The van der Waals surface area contributed by atoms with E-state index in [-0.39, 0.29) is 30.4 Å². The van der Waals surface area contributed by atoms with Crippen LogP contribution < -0.4 is 5.73 Å². The zero-order chi connectivity index (χ0) is 7.78. The Labute approximate surface area is 85.2 Å². The lowest BCUT2D eigenvalue weighted by Crippen LogP contribution is -2.19. The Balaban J connectivity index is 0. The Morgan fingerprint density at radius 1 is 1.33 bits per heavy atom. The normalized spacial score (nSPS) is 9.92. The fraction of sp³-hybridized carbons (Fsp3) is 0.571. The van der Waals surface area contributed by atoms with Crippen molar-refractivity contribution in [3.8, 4) is 0 Å². The van der Waals surface area contributed by atoms with Crippen molar-refractivity contribution in [1.29, 1.82) is 0 Å². The third kappa shape index (κ3) is 3.32. The monoisotopic (exact) mass is 211 g/mol. The summed E-state index contributed by atoms with van der Waals surface area (Å²) in [5, 5.41) is 0. The van der Waals surface area contributed by atoms with Gasteiger partial charge in [-0.25, -0.2) is 4.98 Å². The van der Waals surface area contributed by atoms with Crippen molar-refractivity contribution in [2.24, 2.45) is 0 Å². The number of imidazole rings is 1. The summed E-state index contributed by atoms with van der Waals surface area (Å²) in [6.45, 7) is 6.32. The third-order valence-electron chi connectivity index (χ3n) is 1.38. The Bertz CT molecular complexity index is 227. The van der Waals surface area contributed by atoms with Gasteiger partial charge in [-0.05, 0) is 20.8 Å². The molecule has 0 aromatic carbocycles. The van der Waals surface area contributed by atoms with Crippen molar-refractivity contribution in [2.75, 3.05) is 5.73 Å². The zero-order valence-electron chi connectivity index (χ0n) is 7.44. The molecule has 0 saturated carbocycles. The smallest absolute Gasteiger partial charge is 0.141 e. The molecular weight excluding hydrogens is 197 g/mol. The minimum Gasteiger partial charge on any atom is -0.382 e. The molecule has 0 bridgehead atoms. The van der Waals surface area contributed by atoms with Gasteiger partial charge in [0.05, 0.1) is 6.33 Å². The van der Waals surface area contributed by atoms with E-state index in [2.05, 4.69) is 25.8 Å². The number of nitrogens with zero attached hydrogens (tertiary/aromatic N) is 2. The van der Waals surface area contributed by atoms with Crippen LogP contribution >= 0.6 is 24.8 Å². The average Bonchev–Trinajstić information content (AvgIpc) is 2.11. The van der Waals surface area contributed by atoms with Crippen molar-refractivity contribution >= 4 is 30.6 Å². The van der Waals surface area contributed by atoms with Gasteiger partial charge in [0, 0.05) is 11.7 Å². The molecule has 1 aromatic heterocycles. The maximum Gasteiger partial charge on any atom is 0.141 e. The molecule has 0 aliphatic rings. The van der Waals surface area contributed by atoms with Gasteiger partial charge in [0.2, 0.25) is 0 Å². The van der Waals surface area contributed by atoms with Crippen LogP contribution in [0.15, 0.2) is 12.5 Å². The van der Waals surface area contributed by atoms with E-state index in [0.29, 0.717) is 5.82 Å². The topological polar surface area (TPSA) is 43.8 Å². The number of hydrogen-bond acceptors (Lipinski definition) is 2. The SMILES string of the molecule is CC(C)(C)n1cnc(N)c1.Cl.Cl. The fourth-order valence-electron chi connectivity index (χ4n) is 0.705. The second-order valence-corrected chi connectivity index (χ2v) is 3.38. The minimum absolute atomic E-state index is 0. The molecule has 0 saturated heterocycles. The highest BCUT2D eigenvalue weighted by Gasteiger charge is 2.11. The summed E-state index contributed by atoms with van der Waals surface area (Å²) in [6.07, 6.45) is 3.58. The lowest BCUT2D eigenvalue weighted by atomic mass is 10.1. The fourth-order valence-corrected chi connectivity index (χ4v) is 0.705. The molecular formula is C7H15Cl2N3. The van der Waals surface area contributed by atoms with Crippen LogP contribution in [0.25, 0.3) is 0 Å². The number of halogens is 2. The number of nitrogen functional groups attached to an aromatic ring is 1. The Morgan fingerprint density at radius 3 is 2.00 bits per heavy atom. The Hall–Kier alpha value is -0.410. The molecule has 0 radical (unpaired) electrons. The van der Waals surface area contributed by atoms with Crippen LogP contribution in [-0.4, -0.2) is 9.55 Å². The lowest BCUT2D eigenvalue weighted by Gasteiger charge is -2.19. The van der Waals surface area contributed by atoms with Gasteiger partial charge in [0.15, 0.2) is 0 Å². The largest absolute Gasteiger partial charge is 0.382 e. The summed E-state index contributed by atoms with van der Waals surface area (Å²) >= 11 is 0. The van der Waals surface area contributed by atoms with Crippen LogP contribution in [0.3, 0.4) is 0 Å². The van der Waals surface area contributed by atoms with E-state index in [1.807, 2.05) is 10.8 Å². The summed E-state index contributed by atoms with van der Waals surface area (Å²) in [5.41, 5.74) is 5.53. The molecule has 0 aliphatic heterocycles. The summed E-state index contributed by atoms with van der Waals surface area (Å²) in [6, 6.07) is 0. The van der Waals surface area contributed by atoms with Gasteiger partial charge < -0.3 is 10.3 Å². The van der Waals surface area contributed by atoms with Crippen LogP contribution in [-0.2, 0) is 5.54 Å². The molecule has 1 aromatic rings. The first kappa shape index (κ1) is 14.1. The molecule has 0 fully saturated rings. The zero-order valence-corrected chi connectivity index (χ0v) is 9.08. The number of rotatable bonds is 0. The minimum atomic E-state index is 0. The van der Waals surface area contributed by atoms with E-state index in [1.165, 1.54) is 0 Å². The first-order chi connectivity index (χ1) is 4.50. The third-order valence-corrected chi connectivity index (χ3v) is 1.38. The van der Waals surface area contributed by atoms with Crippen molar-refractivity contribution < 1.29 is 0 Å². The van der Waals surface area contributed by atoms with Gasteiger partial charge in [-0.2, -0.15) is 0 Å². The van der Waals surface area contributed by atoms with Crippen molar-refractivity contribution in [3.05, 3.63) is 12.5 Å². The molecule has 0 unspecified atom stereocenters. The summed E-state index contributed by atoms with van der Waals surface area (Å²) < 4.78 is 1.99. The summed E-state index contributed by atoms with van der Waals surface area (Å²) in [4.78, 5) is 3.92. The molecule has 2 N–H and O–H groups in total. The molecule has 3 nitrogen and oxygen atoms in total. The predicted molar refractivity (Wildman–Crippen MR) is 56.1 cm³/mol. The number of aromatic nitrogens is 2. The molecule has 1 rings (SSSR count). The molecule has 0 amide bonds. The highest BCUT2D eigenvalue weighted by Crippen LogP contribution is 2.13. The van der Waals surface area contributed by atoms with Crippen LogP contribution in [0.4, 0.5) is 5.82 Å². The van der Waals surface area contributed by atoms with Gasteiger partial charge in [-0.15, -0.1) is 24.8 Å². The molecule has 1 heterocycles. The number of anilines is 1. The standard InChI is InChI=1S/C7H13N3.2ClH/c1-7(2,3)10-4-6(8)9-5-10;;/h4-5H,8H2,1-3H3;2*1H. The first-order valence-corrected chi connectivity index (χ1v) is 3.30. The quantitative estimate of drug-likeness (QED) is 0.715. The second-order valence-electron chi connectivity index (χ2n) is 3.38. The van der Waals surface area contributed by atoms with Gasteiger partial charge in [-0.3, -0.25) is 0 Å². The number of hydrogen-bond donors (Lipinski definition) is 1. The highest BCUT2D eigenvalue weighted by atomic mass is 35.5. The van der Waals surface area contributed by atoms with E-state index < -0.39 is 0 Å². The Morgan fingerprint density at radius 2 is 1.83 bits per heavy atom. The lowest BCUT2D eigenvalue weighted by molar-refractivity contribution is 0.396. The van der Waals surface area contributed by atoms with E-state index in [4.69, 9.17) is 5.73 Å². The van der Waals surface area contributed by atoms with Gasteiger partial charge in [-0.1, -0.05) is 0 Å². The molecule has 0 spiro atoms. The molecule has 72 valence electrons. The predicted octanol–water partition coefficient (Wildman–Crippen LogP) is 2.06. The summed E-state index contributed by atoms with van der Waals surface area (Å²) in [7, 11) is 0. The summed E-state index contributed by atoms with van der Waals surface area (Å²) in [5.74, 6) is 0.579. The van der Waals surface area contributed by atoms with Crippen LogP contribution in [0.2, 0.25) is 0 Å². The highest BCUT2D eigenvalue weighted by molar-refractivity contribution is 5.85. The molecule has 5 heteroatoms. The maximum absolute atomic E-state index is 5.44. The molecule has 12 heavy (non-hydrogen) atoms. The van der Waals surface area contributed by atoms with Crippen molar-refractivity contribution in [1.82, 2.24) is 9.55 Å². The first-order valence-electron chi connectivity index (χ1n) is 3.30. The van der Waals surface area contributed by atoms with E-state index >= 15 is 0 Å². The van der Waals surface area contributed by atoms with E-state index in [1.54, 1.807) is 6.33 Å². The van der Waals surface area contributed by atoms with Crippen molar-refractivity contribution in [3.63, 3.8) is 0 Å². The van der Waals surface area contributed by atoms with E-state index in [0.717, 1.165) is 0 Å². The molecule has 0 aliphatic carbocycles. The van der Waals surface area contributed by atoms with E-state index in [9.17, 15) is 0 Å². The Kier molecular flexibility index (Phi) is 5.39. The maximum atomic E-state index is 5.44. The van der Waals surface area contributed by atoms with Gasteiger partial charge in [0.1, 0.15) is 5.82 Å². The van der Waals surface area contributed by atoms with Gasteiger partial charge in [0.25, 0.3) is 0 Å². The van der Waals surface area contributed by atoms with Crippen LogP contribution in [0.1, 0.15) is 20.8 Å². The van der Waals surface area contributed by atoms with Crippen LogP contribution in [0.5, 0.6) is 0 Å². The number of nitrogens with two attached hydrogens (primary N) is 1.